The van der Waals surface area contributed by atoms with Gasteiger partial charge in [0, 0.05) is 5.41 Å². The molecule has 0 saturated heterocycles. The Morgan fingerprint density at radius 1 is 1.50 bits per heavy atom. The molecule has 0 amide bonds. The van der Waals surface area contributed by atoms with E-state index in [4.69, 9.17) is 16.9 Å². The van der Waals surface area contributed by atoms with Crippen LogP contribution in [0.1, 0.15) is 5.56 Å². The minimum absolute atomic E-state index is 0.0314. The Labute approximate surface area is 87.2 Å². The highest BCUT2D eigenvalue weighted by atomic mass is 35.5. The first-order chi connectivity index (χ1) is 6.51. The fourth-order valence-electron chi connectivity index (χ4n) is 0.891. The van der Waals surface area contributed by atoms with Gasteiger partial charge in [-0.1, -0.05) is 18.2 Å². The van der Waals surface area contributed by atoms with Crippen LogP contribution in [-0.2, 0) is 9.84 Å². The third kappa shape index (κ3) is 1.95. The van der Waals surface area contributed by atoms with Crippen LogP contribution in [0.3, 0.4) is 0 Å². The van der Waals surface area contributed by atoms with Crippen molar-refractivity contribution in [1.82, 2.24) is 0 Å². The minimum Gasteiger partial charge on any atom is -0.219 e. The van der Waals surface area contributed by atoms with Crippen LogP contribution in [0.15, 0.2) is 35.1 Å². The number of benzene rings is 1. The van der Waals surface area contributed by atoms with E-state index in [-0.39, 0.29) is 9.92 Å². The summed E-state index contributed by atoms with van der Waals surface area (Å²) < 4.78 is 22.7. The fraction of sp³-hybridized carbons (Fsp3) is 0. The van der Waals surface area contributed by atoms with Crippen molar-refractivity contribution < 1.29 is 8.42 Å². The van der Waals surface area contributed by atoms with E-state index in [1.807, 2.05) is 6.07 Å². The van der Waals surface area contributed by atoms with Gasteiger partial charge in [0.2, 0.25) is 9.84 Å². The molecule has 0 N–H and O–H groups in total. The normalized spacial score (nSPS) is 10.6. The van der Waals surface area contributed by atoms with E-state index in [1.54, 1.807) is 0 Å². The molecule has 1 aromatic carbocycles. The monoisotopic (exact) mass is 227 g/mol. The topological polar surface area (TPSA) is 57.9 Å². The standard InChI is InChI=1S/C9H6ClNO2S/c1-2-14(12,13)9-4-3-7(6-11)5-8(9)10/h2-5H,1H2. The van der Waals surface area contributed by atoms with Gasteiger partial charge in [0.15, 0.2) is 0 Å². The lowest BCUT2D eigenvalue weighted by atomic mass is 10.2. The summed E-state index contributed by atoms with van der Waals surface area (Å²) in [6.45, 7) is 3.18. The molecule has 0 aliphatic carbocycles. The molecule has 14 heavy (non-hydrogen) atoms. The molecule has 5 heteroatoms. The van der Waals surface area contributed by atoms with E-state index in [9.17, 15) is 8.42 Å². The minimum atomic E-state index is -3.53. The average molecular weight is 228 g/mol. The maximum absolute atomic E-state index is 11.3. The predicted molar refractivity (Wildman–Crippen MR) is 53.5 cm³/mol. The van der Waals surface area contributed by atoms with Gasteiger partial charge in [-0.05, 0) is 18.2 Å². The molecule has 0 spiro atoms. The third-order valence-electron chi connectivity index (χ3n) is 1.59. The van der Waals surface area contributed by atoms with Crippen molar-refractivity contribution >= 4 is 21.4 Å². The summed E-state index contributed by atoms with van der Waals surface area (Å²) in [6.07, 6.45) is 0. The van der Waals surface area contributed by atoms with Crippen molar-refractivity contribution in [2.45, 2.75) is 4.90 Å². The molecule has 0 fully saturated rings. The first-order valence-corrected chi connectivity index (χ1v) is 5.51. The Morgan fingerprint density at radius 2 is 2.14 bits per heavy atom. The van der Waals surface area contributed by atoms with Gasteiger partial charge in [0.25, 0.3) is 0 Å². The summed E-state index contributed by atoms with van der Waals surface area (Å²) in [5.41, 5.74) is 0.318. The van der Waals surface area contributed by atoms with Crippen molar-refractivity contribution in [3.8, 4) is 6.07 Å². The molecule has 0 unspecified atom stereocenters. The van der Waals surface area contributed by atoms with Gasteiger partial charge in [-0.3, -0.25) is 0 Å². The molecule has 3 nitrogen and oxygen atoms in total. The zero-order valence-electron chi connectivity index (χ0n) is 7.07. The van der Waals surface area contributed by atoms with Gasteiger partial charge in [-0.2, -0.15) is 5.26 Å². The summed E-state index contributed by atoms with van der Waals surface area (Å²) >= 11 is 5.69. The average Bonchev–Trinajstić information content (AvgIpc) is 2.17. The van der Waals surface area contributed by atoms with Crippen molar-refractivity contribution in [1.29, 1.82) is 5.26 Å². The molecule has 72 valence electrons. The van der Waals surface area contributed by atoms with Crippen LogP contribution in [0.5, 0.6) is 0 Å². The molecule has 0 aliphatic rings. The van der Waals surface area contributed by atoms with Gasteiger partial charge >= 0.3 is 0 Å². The van der Waals surface area contributed by atoms with Crippen LogP contribution in [0.4, 0.5) is 0 Å². The van der Waals surface area contributed by atoms with Crippen molar-refractivity contribution in [2.75, 3.05) is 0 Å². The van der Waals surface area contributed by atoms with Crippen LogP contribution in [0.25, 0.3) is 0 Å². The molecule has 0 heterocycles. The lowest BCUT2D eigenvalue weighted by Crippen LogP contribution is -1.96. The molecule has 0 bridgehead atoms. The SMILES string of the molecule is C=CS(=O)(=O)c1ccc(C#N)cc1Cl. The van der Waals surface area contributed by atoms with Gasteiger partial charge in [-0.25, -0.2) is 8.42 Å². The van der Waals surface area contributed by atoms with E-state index in [0.717, 1.165) is 5.41 Å². The Hall–Kier alpha value is -1.31. The number of rotatable bonds is 2. The lowest BCUT2D eigenvalue weighted by Gasteiger charge is -2.01. The first kappa shape index (κ1) is 10.8. The number of nitriles is 1. The molecule has 1 rings (SSSR count). The molecule has 0 atom stereocenters. The second-order valence-electron chi connectivity index (χ2n) is 2.47. The summed E-state index contributed by atoms with van der Waals surface area (Å²) in [5, 5.41) is 9.39. The summed E-state index contributed by atoms with van der Waals surface area (Å²) in [4.78, 5) is -0.0341. The van der Waals surface area contributed by atoms with Gasteiger partial charge in [0.05, 0.1) is 21.6 Å². The zero-order valence-corrected chi connectivity index (χ0v) is 8.64. The third-order valence-corrected chi connectivity index (χ3v) is 3.42. The van der Waals surface area contributed by atoms with Crippen LogP contribution in [-0.4, -0.2) is 8.42 Å². The number of hydrogen-bond acceptors (Lipinski definition) is 3. The van der Waals surface area contributed by atoms with E-state index in [2.05, 4.69) is 6.58 Å². The number of hydrogen-bond donors (Lipinski definition) is 0. The highest BCUT2D eigenvalue weighted by Crippen LogP contribution is 2.23. The summed E-state index contributed by atoms with van der Waals surface area (Å²) in [6, 6.07) is 5.84. The Balaban J connectivity index is 3.42. The van der Waals surface area contributed by atoms with E-state index >= 15 is 0 Å². The number of sulfone groups is 1. The van der Waals surface area contributed by atoms with E-state index < -0.39 is 9.84 Å². The maximum Gasteiger partial charge on any atom is 0.200 e. The molecule has 0 aliphatic heterocycles. The van der Waals surface area contributed by atoms with Crippen molar-refractivity contribution in [3.63, 3.8) is 0 Å². The Bertz CT molecular complexity index is 514. The predicted octanol–water partition coefficient (Wildman–Crippen LogP) is 2.13. The van der Waals surface area contributed by atoms with Crippen LogP contribution < -0.4 is 0 Å². The molecular formula is C9H6ClNO2S. The molecular weight excluding hydrogens is 222 g/mol. The zero-order chi connectivity index (χ0) is 10.8. The number of halogens is 1. The van der Waals surface area contributed by atoms with Crippen molar-refractivity contribution in [3.05, 3.63) is 40.8 Å². The van der Waals surface area contributed by atoms with Crippen LogP contribution in [0, 0.1) is 11.3 Å². The Kier molecular flexibility index (Phi) is 2.94. The fourth-order valence-corrected chi connectivity index (χ4v) is 2.16. The smallest absolute Gasteiger partial charge is 0.200 e. The van der Waals surface area contributed by atoms with Gasteiger partial charge < -0.3 is 0 Å². The first-order valence-electron chi connectivity index (χ1n) is 3.58. The van der Waals surface area contributed by atoms with E-state index in [1.165, 1.54) is 18.2 Å². The second-order valence-corrected chi connectivity index (χ2v) is 4.74. The molecule has 1 aromatic rings. The second kappa shape index (κ2) is 3.82. The van der Waals surface area contributed by atoms with Crippen LogP contribution in [0.2, 0.25) is 5.02 Å². The lowest BCUT2D eigenvalue weighted by molar-refractivity contribution is 0.605. The van der Waals surface area contributed by atoms with E-state index in [0.29, 0.717) is 5.56 Å². The molecule has 0 radical (unpaired) electrons. The summed E-state index contributed by atoms with van der Waals surface area (Å²) in [5.74, 6) is 0. The largest absolute Gasteiger partial charge is 0.219 e. The van der Waals surface area contributed by atoms with Crippen molar-refractivity contribution in [2.24, 2.45) is 0 Å². The Morgan fingerprint density at radius 3 is 2.57 bits per heavy atom. The number of nitrogens with zero attached hydrogens (tertiary/aromatic N) is 1. The molecule has 0 aromatic heterocycles. The summed E-state index contributed by atoms with van der Waals surface area (Å²) in [7, 11) is -3.53. The van der Waals surface area contributed by atoms with Crippen LogP contribution >= 0.6 is 11.6 Å². The highest BCUT2D eigenvalue weighted by molar-refractivity contribution is 7.94. The van der Waals surface area contributed by atoms with Gasteiger partial charge in [-0.15, -0.1) is 0 Å². The quantitative estimate of drug-likeness (QED) is 0.778. The maximum atomic E-state index is 11.3. The highest BCUT2D eigenvalue weighted by Gasteiger charge is 2.13. The van der Waals surface area contributed by atoms with Gasteiger partial charge in [0.1, 0.15) is 0 Å². The molecule has 0 saturated carbocycles.